The Morgan fingerprint density at radius 2 is 0.699 bits per heavy atom. The maximum Gasteiger partial charge on any atom is 0.268 e. The van der Waals surface area contributed by atoms with Crippen LogP contribution < -0.4 is 10.2 Å². The quantitative estimate of drug-likeness (QED) is 0.0272. The Bertz CT molecular complexity index is 1400. The summed E-state index contributed by atoms with van der Waals surface area (Å²) in [4.78, 5) is 25.7. The molecule has 3 atom stereocenters. The van der Waals surface area contributed by atoms with Gasteiger partial charge >= 0.3 is 0 Å². The standard InChI is InChI=1S/C74H147N2O6P/c1-6-8-10-12-14-16-18-20-22-24-26-28-30-32-33-34-35-36-37-38-39-40-41-42-43-44-46-48-50-52-54-56-58-60-62-64-66-68-74(78)75-72(71-82-83(79,80)81-70-69-76(3,4)5)73(77)67-65-63-61-59-57-55-53-51-49-47-45-31-29-27-25-23-21-19-17-15-13-11-9-7-2/h18,20,24,26,72-73,77H,6-17,19,21-23,25,27-71H2,1-5H3,(H-,75,78,79,80)/b20-18-,26-24-. The van der Waals surface area contributed by atoms with Crippen LogP contribution in [-0.2, 0) is 18.4 Å². The molecule has 0 heterocycles. The highest BCUT2D eigenvalue weighted by Crippen LogP contribution is 2.38. The second kappa shape index (κ2) is 65.4. The van der Waals surface area contributed by atoms with Crippen LogP contribution >= 0.6 is 7.82 Å². The summed E-state index contributed by atoms with van der Waals surface area (Å²) in [5.41, 5.74) is 0. The fourth-order valence-electron chi connectivity index (χ4n) is 11.7. The summed E-state index contributed by atoms with van der Waals surface area (Å²) in [6.07, 6.45) is 85.6. The number of nitrogens with one attached hydrogen (secondary N) is 1. The first-order valence-electron chi connectivity index (χ1n) is 37.2. The highest BCUT2D eigenvalue weighted by atomic mass is 31.2. The molecule has 494 valence electrons. The van der Waals surface area contributed by atoms with Crippen LogP contribution in [0.5, 0.6) is 0 Å². The molecule has 0 saturated carbocycles. The van der Waals surface area contributed by atoms with Gasteiger partial charge in [0.2, 0.25) is 5.91 Å². The van der Waals surface area contributed by atoms with Gasteiger partial charge in [0.05, 0.1) is 39.9 Å². The Balaban J connectivity index is 3.92. The molecule has 1 amide bonds. The van der Waals surface area contributed by atoms with Crippen molar-refractivity contribution in [2.24, 2.45) is 0 Å². The van der Waals surface area contributed by atoms with E-state index in [4.69, 9.17) is 9.05 Å². The van der Waals surface area contributed by atoms with Gasteiger partial charge in [-0.3, -0.25) is 9.36 Å². The van der Waals surface area contributed by atoms with E-state index < -0.39 is 20.0 Å². The lowest BCUT2D eigenvalue weighted by molar-refractivity contribution is -0.870. The molecular weight excluding hydrogens is 1040 g/mol. The summed E-state index contributed by atoms with van der Waals surface area (Å²) in [7, 11) is 1.33. The zero-order valence-electron chi connectivity index (χ0n) is 56.7. The largest absolute Gasteiger partial charge is 0.756 e. The van der Waals surface area contributed by atoms with E-state index in [1.165, 1.54) is 321 Å². The van der Waals surface area contributed by atoms with Crippen LogP contribution in [0.2, 0.25) is 0 Å². The Kier molecular flexibility index (Phi) is 64.6. The first kappa shape index (κ1) is 82.0. The van der Waals surface area contributed by atoms with E-state index in [0.29, 0.717) is 23.9 Å². The summed E-state index contributed by atoms with van der Waals surface area (Å²) in [5, 5.41) is 14.1. The normalized spacial score (nSPS) is 13.7. The van der Waals surface area contributed by atoms with Crippen LogP contribution in [0.1, 0.15) is 393 Å². The summed E-state index contributed by atoms with van der Waals surface area (Å²) in [6, 6.07) is -0.799. The average molecular weight is 1190 g/mol. The highest BCUT2D eigenvalue weighted by molar-refractivity contribution is 7.45. The van der Waals surface area contributed by atoms with Gasteiger partial charge in [0.25, 0.3) is 7.82 Å². The van der Waals surface area contributed by atoms with Crippen molar-refractivity contribution in [3.05, 3.63) is 24.3 Å². The molecule has 3 unspecified atom stereocenters. The summed E-state index contributed by atoms with van der Waals surface area (Å²) in [5.74, 6) is -0.155. The SMILES string of the molecule is CCCCCCC/C=C\C/C=C\CCCCCCCCCCCCCCCCCCCCCCCCCCCC(=O)NC(COP(=O)([O-])OCC[N+](C)(C)C)C(O)CCCCCCCCCCCCCCCCCCCCCCCCCC. The van der Waals surface area contributed by atoms with Crippen LogP contribution in [0.4, 0.5) is 0 Å². The number of allylic oxidation sites excluding steroid dienone is 4. The van der Waals surface area contributed by atoms with E-state index in [0.717, 1.165) is 44.9 Å². The van der Waals surface area contributed by atoms with Crippen LogP contribution in [0, 0.1) is 0 Å². The van der Waals surface area contributed by atoms with Gasteiger partial charge in [-0.15, -0.1) is 0 Å². The lowest BCUT2D eigenvalue weighted by Gasteiger charge is -2.30. The van der Waals surface area contributed by atoms with E-state index in [-0.39, 0.29) is 19.1 Å². The number of quaternary nitrogens is 1. The first-order chi connectivity index (χ1) is 40.5. The number of nitrogens with zero attached hydrogens (tertiary/aromatic N) is 1. The number of aliphatic hydroxyl groups excluding tert-OH is 1. The fraction of sp³-hybridized carbons (Fsp3) is 0.932. The van der Waals surface area contributed by atoms with Gasteiger partial charge in [0, 0.05) is 6.42 Å². The van der Waals surface area contributed by atoms with Crippen molar-refractivity contribution in [2.45, 2.75) is 405 Å². The minimum Gasteiger partial charge on any atom is -0.756 e. The topological polar surface area (TPSA) is 108 Å². The number of phosphoric acid groups is 1. The zero-order chi connectivity index (χ0) is 60.5. The number of phosphoric ester groups is 1. The molecule has 8 nitrogen and oxygen atoms in total. The maximum atomic E-state index is 13.1. The summed E-state index contributed by atoms with van der Waals surface area (Å²) in [6.45, 7) is 4.78. The molecule has 83 heavy (non-hydrogen) atoms. The summed E-state index contributed by atoms with van der Waals surface area (Å²) < 4.78 is 23.6. The number of carbonyl (C=O) groups excluding carboxylic acids is 1. The molecule has 0 aliphatic heterocycles. The molecule has 0 spiro atoms. The van der Waals surface area contributed by atoms with Crippen LogP contribution in [0.3, 0.4) is 0 Å². The third kappa shape index (κ3) is 68.3. The van der Waals surface area contributed by atoms with E-state index in [9.17, 15) is 19.4 Å². The predicted octanol–water partition coefficient (Wildman–Crippen LogP) is 23.2. The van der Waals surface area contributed by atoms with Gasteiger partial charge in [-0.2, -0.15) is 0 Å². The van der Waals surface area contributed by atoms with Gasteiger partial charge in [0.1, 0.15) is 13.2 Å². The molecular formula is C74H147N2O6P. The number of carbonyl (C=O) groups is 1. The Morgan fingerprint density at radius 3 is 1.00 bits per heavy atom. The second-order valence-corrected chi connectivity index (χ2v) is 28.4. The number of hydrogen-bond donors (Lipinski definition) is 2. The van der Waals surface area contributed by atoms with Crippen molar-refractivity contribution in [1.29, 1.82) is 0 Å². The molecule has 0 fully saturated rings. The zero-order valence-corrected chi connectivity index (χ0v) is 57.6. The molecule has 0 aromatic heterocycles. The van der Waals surface area contributed by atoms with Crippen molar-refractivity contribution < 1.29 is 32.9 Å². The number of amides is 1. The maximum absolute atomic E-state index is 13.1. The van der Waals surface area contributed by atoms with Gasteiger partial charge in [-0.05, 0) is 44.9 Å². The highest BCUT2D eigenvalue weighted by Gasteiger charge is 2.24. The second-order valence-electron chi connectivity index (χ2n) is 27.0. The third-order valence-corrected chi connectivity index (χ3v) is 18.4. The molecule has 0 saturated heterocycles. The van der Waals surface area contributed by atoms with Gasteiger partial charge in [-0.25, -0.2) is 0 Å². The van der Waals surface area contributed by atoms with Crippen LogP contribution in [0.15, 0.2) is 24.3 Å². The van der Waals surface area contributed by atoms with E-state index >= 15 is 0 Å². The molecule has 0 rings (SSSR count). The third-order valence-electron chi connectivity index (χ3n) is 17.4. The number of hydrogen-bond acceptors (Lipinski definition) is 6. The Morgan fingerprint density at radius 1 is 0.422 bits per heavy atom. The molecule has 0 aromatic rings. The lowest BCUT2D eigenvalue weighted by atomic mass is 10.0. The number of likely N-dealkylation sites (N-methyl/N-ethyl adjacent to an activating group) is 1. The minimum absolute atomic E-state index is 0.0156. The lowest BCUT2D eigenvalue weighted by Crippen LogP contribution is -2.46. The summed E-state index contributed by atoms with van der Waals surface area (Å²) >= 11 is 0. The smallest absolute Gasteiger partial charge is 0.268 e. The molecule has 2 N–H and O–H groups in total. The van der Waals surface area contributed by atoms with Crippen molar-refractivity contribution in [3.63, 3.8) is 0 Å². The molecule has 9 heteroatoms. The number of aliphatic hydroxyl groups is 1. The molecule has 0 bridgehead atoms. The predicted molar refractivity (Wildman–Crippen MR) is 362 cm³/mol. The number of unbranched alkanes of at least 4 members (excludes halogenated alkanes) is 53. The molecule has 0 aliphatic rings. The van der Waals surface area contributed by atoms with Crippen LogP contribution in [-0.4, -0.2) is 68.5 Å². The average Bonchev–Trinajstić information content (AvgIpc) is 3.50. The monoisotopic (exact) mass is 1190 g/mol. The Hall–Kier alpha value is -1.02. The Labute approximate surface area is 519 Å². The molecule has 0 radical (unpaired) electrons. The van der Waals surface area contributed by atoms with E-state index in [2.05, 4.69) is 43.5 Å². The van der Waals surface area contributed by atoms with Crippen LogP contribution in [0.25, 0.3) is 0 Å². The van der Waals surface area contributed by atoms with Crippen molar-refractivity contribution in [3.8, 4) is 0 Å². The fourth-order valence-corrected chi connectivity index (χ4v) is 12.4. The van der Waals surface area contributed by atoms with Crippen molar-refractivity contribution >= 4 is 13.7 Å². The van der Waals surface area contributed by atoms with Gasteiger partial charge in [0.15, 0.2) is 0 Å². The van der Waals surface area contributed by atoms with Gasteiger partial charge in [-0.1, -0.05) is 366 Å². The van der Waals surface area contributed by atoms with E-state index in [1.807, 2.05) is 21.1 Å². The first-order valence-corrected chi connectivity index (χ1v) is 38.6. The minimum atomic E-state index is -4.58. The molecule has 0 aromatic carbocycles. The van der Waals surface area contributed by atoms with Crippen molar-refractivity contribution in [2.75, 3.05) is 40.9 Å². The van der Waals surface area contributed by atoms with E-state index in [1.54, 1.807) is 0 Å². The number of rotatable bonds is 70. The molecule has 0 aliphatic carbocycles. The van der Waals surface area contributed by atoms with Gasteiger partial charge < -0.3 is 28.8 Å². The van der Waals surface area contributed by atoms with Crippen molar-refractivity contribution in [1.82, 2.24) is 5.32 Å².